The summed E-state index contributed by atoms with van der Waals surface area (Å²) in [6, 6.07) is 14.2. The molecule has 1 aromatic heterocycles. The third-order valence-electron chi connectivity index (χ3n) is 5.16. The largest absolute Gasteiger partial charge is 0.489 e. The summed E-state index contributed by atoms with van der Waals surface area (Å²) >= 11 is 0. The topological polar surface area (TPSA) is 113 Å². The Morgan fingerprint density at radius 1 is 1.00 bits per heavy atom. The van der Waals surface area contributed by atoms with E-state index in [1.54, 1.807) is 49.5 Å². The van der Waals surface area contributed by atoms with E-state index in [1.165, 1.54) is 0 Å². The average Bonchev–Trinajstić information content (AvgIpc) is 3.21. The van der Waals surface area contributed by atoms with Crippen LogP contribution in [0.3, 0.4) is 0 Å². The number of hydrogen-bond donors (Lipinski definition) is 3. The number of aliphatic carboxylic acids is 2. The Morgan fingerprint density at radius 3 is 2.23 bits per heavy atom. The van der Waals surface area contributed by atoms with E-state index in [-0.39, 0.29) is 0 Å². The van der Waals surface area contributed by atoms with Gasteiger partial charge in [-0.2, -0.15) is 0 Å². The number of nitrogens with one attached hydrogen (secondary N) is 1. The molecule has 0 bridgehead atoms. The van der Waals surface area contributed by atoms with Crippen molar-refractivity contribution in [1.29, 1.82) is 0 Å². The molecular weight excluding hydrogens is 396 g/mol. The Labute approximate surface area is 180 Å². The molecule has 3 aromatic rings. The maximum Gasteiger partial charge on any atom is 0.317 e. The zero-order valence-electron chi connectivity index (χ0n) is 17.5. The summed E-state index contributed by atoms with van der Waals surface area (Å²) in [4.78, 5) is 30.3. The number of H-pyrrole nitrogens is 1. The predicted octanol–water partition coefficient (Wildman–Crippen LogP) is 4.35. The molecule has 2 atom stereocenters. The van der Waals surface area contributed by atoms with Crippen LogP contribution in [-0.4, -0.2) is 32.1 Å². The van der Waals surface area contributed by atoms with Crippen LogP contribution in [0.2, 0.25) is 0 Å². The molecule has 0 spiro atoms. The number of aryl methyl sites for hydroxylation is 1. The zero-order valence-corrected chi connectivity index (χ0v) is 17.5. The molecular formula is C24H26N2O5. The third-order valence-corrected chi connectivity index (χ3v) is 5.16. The van der Waals surface area contributed by atoms with Gasteiger partial charge in [-0.15, -0.1) is 0 Å². The van der Waals surface area contributed by atoms with Gasteiger partial charge in [0.15, 0.2) is 0 Å². The van der Waals surface area contributed by atoms with Crippen LogP contribution in [-0.2, 0) is 22.6 Å². The number of nitrogens with zero attached hydrogens (tertiary/aromatic N) is 1. The Kier molecular flexibility index (Phi) is 7.07. The molecule has 0 amide bonds. The van der Waals surface area contributed by atoms with E-state index < -0.39 is 23.8 Å². The molecule has 31 heavy (non-hydrogen) atoms. The minimum atomic E-state index is -0.948. The van der Waals surface area contributed by atoms with E-state index in [9.17, 15) is 14.7 Å². The number of hydrogen-bond acceptors (Lipinski definition) is 4. The number of aromatic nitrogens is 2. The monoisotopic (exact) mass is 422 g/mol. The molecule has 1 heterocycles. The van der Waals surface area contributed by atoms with Crippen molar-refractivity contribution >= 4 is 11.9 Å². The summed E-state index contributed by atoms with van der Waals surface area (Å²) in [6.07, 6.45) is 3.29. The first-order chi connectivity index (χ1) is 14.9. The minimum Gasteiger partial charge on any atom is -0.489 e. The highest BCUT2D eigenvalue weighted by Gasteiger charge is 2.24. The first-order valence-electron chi connectivity index (χ1n) is 10.2. The lowest BCUT2D eigenvalue weighted by atomic mass is 9.96. The van der Waals surface area contributed by atoms with Crippen LogP contribution in [0.1, 0.15) is 60.3 Å². The maximum absolute atomic E-state index is 11.9. The first kappa shape index (κ1) is 22.1. The van der Waals surface area contributed by atoms with Gasteiger partial charge in [0.2, 0.25) is 0 Å². The fourth-order valence-electron chi connectivity index (χ4n) is 3.31. The third kappa shape index (κ3) is 5.51. The van der Waals surface area contributed by atoms with Crippen LogP contribution in [0.25, 0.3) is 0 Å². The molecule has 7 nitrogen and oxygen atoms in total. The van der Waals surface area contributed by atoms with Crippen molar-refractivity contribution < 1.29 is 24.5 Å². The molecule has 3 N–H and O–H groups in total. The van der Waals surface area contributed by atoms with Crippen LogP contribution in [0.15, 0.2) is 54.7 Å². The number of carboxylic acid groups (broad SMARTS) is 2. The van der Waals surface area contributed by atoms with Gasteiger partial charge >= 0.3 is 11.9 Å². The molecule has 0 saturated heterocycles. The summed E-state index contributed by atoms with van der Waals surface area (Å²) in [5.41, 5.74) is 2.84. The summed E-state index contributed by atoms with van der Waals surface area (Å²) in [5, 5.41) is 18.8. The Morgan fingerprint density at radius 2 is 1.65 bits per heavy atom. The maximum atomic E-state index is 11.9. The Hall–Kier alpha value is -3.61. The van der Waals surface area contributed by atoms with Crippen molar-refractivity contribution in [1.82, 2.24) is 9.97 Å². The lowest BCUT2D eigenvalue weighted by molar-refractivity contribution is -0.139. The number of carboxylic acids is 2. The fraction of sp³-hybridized carbons (Fsp3) is 0.292. The zero-order chi connectivity index (χ0) is 22.4. The molecule has 0 radical (unpaired) electrons. The van der Waals surface area contributed by atoms with Gasteiger partial charge in [0.05, 0.1) is 11.6 Å². The van der Waals surface area contributed by atoms with Gasteiger partial charge in [-0.05, 0) is 42.2 Å². The highest BCUT2D eigenvalue weighted by molar-refractivity contribution is 5.79. The summed E-state index contributed by atoms with van der Waals surface area (Å²) < 4.78 is 5.79. The number of imidazole rings is 1. The second-order valence-electron chi connectivity index (χ2n) is 7.47. The minimum absolute atomic E-state index is 0.324. The first-order valence-corrected chi connectivity index (χ1v) is 10.2. The second-order valence-corrected chi connectivity index (χ2v) is 7.47. The van der Waals surface area contributed by atoms with E-state index in [1.807, 2.05) is 19.1 Å². The van der Waals surface area contributed by atoms with Crippen LogP contribution in [0.4, 0.5) is 0 Å². The molecule has 0 aliphatic carbocycles. The van der Waals surface area contributed by atoms with Crippen molar-refractivity contribution in [3.63, 3.8) is 0 Å². The summed E-state index contributed by atoms with van der Waals surface area (Å²) in [5.74, 6) is -1.79. The standard InChI is InChI=1S/C24H26N2O5/c1-3-4-21-25-13-20(26-21)22(24(29)30)18-9-11-19(12-10-18)31-14-16-5-7-17(8-6-16)15(2)23(27)28/h5-13,15,22H,3-4,14H2,1-2H3,(H,25,26)(H,27,28)(H,29,30). The number of ether oxygens (including phenoxy) is 1. The van der Waals surface area contributed by atoms with Gasteiger partial charge in [0.1, 0.15) is 24.1 Å². The van der Waals surface area contributed by atoms with Crippen LogP contribution in [0, 0.1) is 0 Å². The van der Waals surface area contributed by atoms with Crippen LogP contribution < -0.4 is 4.74 Å². The lowest BCUT2D eigenvalue weighted by Crippen LogP contribution is -2.13. The molecule has 0 aliphatic heterocycles. The SMILES string of the molecule is CCCc1ncc(C(C(=O)O)c2ccc(OCc3ccc(C(C)C(=O)O)cc3)cc2)[nH]1. The van der Waals surface area contributed by atoms with E-state index in [0.717, 1.165) is 29.8 Å². The smallest absolute Gasteiger partial charge is 0.317 e. The summed E-state index contributed by atoms with van der Waals surface area (Å²) in [7, 11) is 0. The van der Waals surface area contributed by atoms with Gasteiger partial charge < -0.3 is 19.9 Å². The molecule has 0 aliphatic rings. The van der Waals surface area contributed by atoms with Crippen LogP contribution >= 0.6 is 0 Å². The van der Waals surface area contributed by atoms with Crippen molar-refractivity contribution in [3.8, 4) is 5.75 Å². The van der Waals surface area contributed by atoms with E-state index in [0.29, 0.717) is 23.6 Å². The molecule has 0 fully saturated rings. The Balaban J connectivity index is 1.66. The highest BCUT2D eigenvalue weighted by Crippen LogP contribution is 2.26. The molecule has 2 aromatic carbocycles. The van der Waals surface area contributed by atoms with Crippen molar-refractivity contribution in [3.05, 3.63) is 82.9 Å². The van der Waals surface area contributed by atoms with Crippen molar-refractivity contribution in [2.45, 2.75) is 45.1 Å². The molecule has 162 valence electrons. The van der Waals surface area contributed by atoms with Gasteiger partial charge in [0, 0.05) is 12.6 Å². The Bertz CT molecular complexity index is 1020. The number of benzene rings is 2. The van der Waals surface area contributed by atoms with Gasteiger partial charge in [-0.25, -0.2) is 4.98 Å². The van der Waals surface area contributed by atoms with E-state index in [2.05, 4.69) is 9.97 Å². The lowest BCUT2D eigenvalue weighted by Gasteiger charge is -2.13. The predicted molar refractivity (Wildman–Crippen MR) is 115 cm³/mol. The fourth-order valence-corrected chi connectivity index (χ4v) is 3.31. The quantitative estimate of drug-likeness (QED) is 0.448. The number of rotatable bonds is 10. The average molecular weight is 422 g/mol. The molecule has 2 unspecified atom stereocenters. The molecule has 3 rings (SSSR count). The van der Waals surface area contributed by atoms with Gasteiger partial charge in [0.25, 0.3) is 0 Å². The van der Waals surface area contributed by atoms with Crippen LogP contribution in [0.5, 0.6) is 5.75 Å². The molecule has 0 saturated carbocycles. The summed E-state index contributed by atoms with van der Waals surface area (Å²) in [6.45, 7) is 4.01. The van der Waals surface area contributed by atoms with Gasteiger partial charge in [-0.1, -0.05) is 43.3 Å². The van der Waals surface area contributed by atoms with E-state index >= 15 is 0 Å². The highest BCUT2D eigenvalue weighted by atomic mass is 16.5. The van der Waals surface area contributed by atoms with Gasteiger partial charge in [-0.3, -0.25) is 9.59 Å². The van der Waals surface area contributed by atoms with E-state index in [4.69, 9.17) is 9.84 Å². The van der Waals surface area contributed by atoms with Crippen molar-refractivity contribution in [2.24, 2.45) is 0 Å². The number of aromatic amines is 1. The second kappa shape index (κ2) is 9.93. The van der Waals surface area contributed by atoms with Crippen molar-refractivity contribution in [2.75, 3.05) is 0 Å². The number of carbonyl (C=O) groups is 2. The normalized spacial score (nSPS) is 12.8. The molecule has 7 heteroatoms.